The van der Waals surface area contributed by atoms with Gasteiger partial charge in [-0.1, -0.05) is 11.6 Å². The van der Waals surface area contributed by atoms with E-state index in [1.807, 2.05) is 0 Å². The van der Waals surface area contributed by atoms with Crippen LogP contribution < -0.4 is 10.1 Å². The Morgan fingerprint density at radius 1 is 1.56 bits per heavy atom. The third-order valence-electron chi connectivity index (χ3n) is 3.69. The maximum atomic E-state index is 6.38. The third-order valence-corrected chi connectivity index (χ3v) is 5.30. The molecule has 18 heavy (non-hydrogen) atoms. The van der Waals surface area contributed by atoms with Gasteiger partial charge in [-0.2, -0.15) is 0 Å². The van der Waals surface area contributed by atoms with Crippen molar-refractivity contribution in [1.82, 2.24) is 10.2 Å². The second-order valence-electron chi connectivity index (χ2n) is 4.95. The molecule has 3 nitrogen and oxygen atoms in total. The van der Waals surface area contributed by atoms with Gasteiger partial charge in [-0.05, 0) is 34.5 Å². The summed E-state index contributed by atoms with van der Waals surface area (Å²) in [7, 11) is 0. The molecule has 1 unspecified atom stereocenters. The van der Waals surface area contributed by atoms with Crippen LogP contribution in [0.15, 0.2) is 10.5 Å². The van der Waals surface area contributed by atoms with Crippen LogP contribution in [0.25, 0.3) is 0 Å². The van der Waals surface area contributed by atoms with Gasteiger partial charge in [-0.25, -0.2) is 0 Å². The highest BCUT2D eigenvalue weighted by Crippen LogP contribution is 2.40. The molecule has 2 aliphatic heterocycles. The zero-order chi connectivity index (χ0) is 12.7. The fourth-order valence-electron chi connectivity index (χ4n) is 2.65. The molecular formula is C13H16BrClN2O. The van der Waals surface area contributed by atoms with Crippen LogP contribution >= 0.6 is 27.5 Å². The molecule has 2 heterocycles. The first-order valence-corrected chi connectivity index (χ1v) is 7.39. The van der Waals surface area contributed by atoms with E-state index in [2.05, 4.69) is 39.1 Å². The molecule has 5 heteroatoms. The number of nitrogens with one attached hydrogen (secondary N) is 1. The Balaban J connectivity index is 1.99. The zero-order valence-corrected chi connectivity index (χ0v) is 12.6. The standard InChI is InChI=1S/C13H16BrClN2O/c1-8-4-9-6-17-3-2-16-5-10(17)7-18-13(9)12(15)11(8)14/h4,10,16H,2-3,5-7H2,1H3. The van der Waals surface area contributed by atoms with Crippen molar-refractivity contribution in [3.05, 3.63) is 26.7 Å². The average molecular weight is 332 g/mol. The Kier molecular flexibility index (Phi) is 3.54. The summed E-state index contributed by atoms with van der Waals surface area (Å²) in [6, 6.07) is 2.62. The molecule has 0 amide bonds. The van der Waals surface area contributed by atoms with E-state index in [4.69, 9.17) is 16.3 Å². The van der Waals surface area contributed by atoms with Crippen LogP contribution in [0.3, 0.4) is 0 Å². The Morgan fingerprint density at radius 2 is 2.39 bits per heavy atom. The number of benzene rings is 1. The van der Waals surface area contributed by atoms with Gasteiger partial charge in [0.25, 0.3) is 0 Å². The van der Waals surface area contributed by atoms with Crippen molar-refractivity contribution in [2.45, 2.75) is 19.5 Å². The quantitative estimate of drug-likeness (QED) is 0.791. The van der Waals surface area contributed by atoms with Crippen molar-refractivity contribution in [3.63, 3.8) is 0 Å². The minimum absolute atomic E-state index is 0.446. The number of nitrogens with zero attached hydrogens (tertiary/aromatic N) is 1. The van der Waals surface area contributed by atoms with Crippen molar-refractivity contribution < 1.29 is 4.74 Å². The molecular weight excluding hydrogens is 316 g/mol. The molecule has 0 spiro atoms. The maximum Gasteiger partial charge on any atom is 0.143 e. The molecule has 0 aromatic heterocycles. The number of piperazine rings is 1. The third kappa shape index (κ3) is 2.16. The highest BCUT2D eigenvalue weighted by Gasteiger charge is 2.28. The van der Waals surface area contributed by atoms with E-state index >= 15 is 0 Å². The summed E-state index contributed by atoms with van der Waals surface area (Å²) in [5.74, 6) is 0.851. The van der Waals surface area contributed by atoms with Crippen LogP contribution in [0.1, 0.15) is 11.1 Å². The van der Waals surface area contributed by atoms with E-state index in [1.165, 1.54) is 5.56 Å². The lowest BCUT2D eigenvalue weighted by molar-refractivity contribution is 0.120. The van der Waals surface area contributed by atoms with Crippen molar-refractivity contribution >= 4 is 27.5 Å². The van der Waals surface area contributed by atoms with Crippen LogP contribution in [-0.2, 0) is 6.54 Å². The van der Waals surface area contributed by atoms with Gasteiger partial charge < -0.3 is 10.1 Å². The molecule has 3 rings (SSSR count). The molecule has 0 radical (unpaired) electrons. The molecule has 1 aromatic rings. The lowest BCUT2D eigenvalue weighted by Gasteiger charge is -2.33. The summed E-state index contributed by atoms with van der Waals surface area (Å²) >= 11 is 9.90. The van der Waals surface area contributed by atoms with Gasteiger partial charge in [-0.15, -0.1) is 0 Å². The summed E-state index contributed by atoms with van der Waals surface area (Å²) in [5, 5.41) is 4.12. The molecule has 1 aromatic carbocycles. The summed E-state index contributed by atoms with van der Waals surface area (Å²) < 4.78 is 6.89. The van der Waals surface area contributed by atoms with E-state index in [0.29, 0.717) is 17.7 Å². The number of hydrogen-bond donors (Lipinski definition) is 1. The van der Waals surface area contributed by atoms with Crippen LogP contribution in [0.5, 0.6) is 5.75 Å². The predicted octanol–water partition coefficient (Wildman–Crippen LogP) is 2.58. The Hall–Kier alpha value is -0.290. The first-order chi connectivity index (χ1) is 8.66. The van der Waals surface area contributed by atoms with Crippen molar-refractivity contribution in [1.29, 1.82) is 0 Å². The fraction of sp³-hybridized carbons (Fsp3) is 0.538. The Bertz CT molecular complexity index is 481. The number of ether oxygens (including phenoxy) is 1. The average Bonchev–Trinajstić information content (AvgIpc) is 2.55. The highest BCUT2D eigenvalue weighted by molar-refractivity contribution is 9.10. The van der Waals surface area contributed by atoms with Crippen LogP contribution in [-0.4, -0.2) is 37.2 Å². The number of fused-ring (bicyclic) bond motifs is 2. The molecule has 1 fully saturated rings. The molecule has 0 bridgehead atoms. The van der Waals surface area contributed by atoms with Crippen molar-refractivity contribution in [2.75, 3.05) is 26.2 Å². The van der Waals surface area contributed by atoms with Gasteiger partial charge in [0.15, 0.2) is 0 Å². The summed E-state index contributed by atoms with van der Waals surface area (Å²) in [4.78, 5) is 2.48. The summed E-state index contributed by atoms with van der Waals surface area (Å²) in [6.07, 6.45) is 0. The van der Waals surface area contributed by atoms with Crippen LogP contribution in [0.4, 0.5) is 0 Å². The smallest absolute Gasteiger partial charge is 0.143 e. The van der Waals surface area contributed by atoms with Crippen molar-refractivity contribution in [3.8, 4) is 5.75 Å². The number of hydrogen-bond acceptors (Lipinski definition) is 3. The molecule has 98 valence electrons. The van der Waals surface area contributed by atoms with Crippen LogP contribution in [0, 0.1) is 6.92 Å². The van der Waals surface area contributed by atoms with Gasteiger partial charge in [0, 0.05) is 36.2 Å². The largest absolute Gasteiger partial charge is 0.490 e. The summed E-state index contributed by atoms with van der Waals surface area (Å²) in [5.41, 5.74) is 2.36. The van der Waals surface area contributed by atoms with E-state index in [9.17, 15) is 0 Å². The zero-order valence-electron chi connectivity index (χ0n) is 10.3. The minimum atomic E-state index is 0.446. The minimum Gasteiger partial charge on any atom is -0.490 e. The van der Waals surface area contributed by atoms with Gasteiger partial charge in [0.2, 0.25) is 0 Å². The first kappa shape index (κ1) is 12.7. The van der Waals surface area contributed by atoms with E-state index in [1.54, 1.807) is 0 Å². The van der Waals surface area contributed by atoms with E-state index in [0.717, 1.165) is 42.0 Å². The van der Waals surface area contributed by atoms with E-state index in [-0.39, 0.29) is 0 Å². The second kappa shape index (κ2) is 5.00. The fourth-order valence-corrected chi connectivity index (χ4v) is 3.27. The predicted molar refractivity (Wildman–Crippen MR) is 76.5 cm³/mol. The lowest BCUT2D eigenvalue weighted by Crippen LogP contribution is -2.52. The van der Waals surface area contributed by atoms with E-state index < -0.39 is 0 Å². The molecule has 1 N–H and O–H groups in total. The second-order valence-corrected chi connectivity index (χ2v) is 6.12. The molecule has 0 saturated carbocycles. The maximum absolute atomic E-state index is 6.38. The highest BCUT2D eigenvalue weighted by atomic mass is 79.9. The monoisotopic (exact) mass is 330 g/mol. The Morgan fingerprint density at radius 3 is 3.22 bits per heavy atom. The topological polar surface area (TPSA) is 24.5 Å². The number of aryl methyl sites for hydroxylation is 1. The van der Waals surface area contributed by atoms with Crippen LogP contribution in [0.2, 0.25) is 5.02 Å². The summed E-state index contributed by atoms with van der Waals surface area (Å²) in [6.45, 7) is 6.81. The molecule has 1 saturated heterocycles. The van der Waals surface area contributed by atoms with Gasteiger partial charge in [0.1, 0.15) is 12.4 Å². The van der Waals surface area contributed by atoms with Gasteiger partial charge in [-0.3, -0.25) is 4.90 Å². The first-order valence-electron chi connectivity index (χ1n) is 6.22. The SMILES string of the molecule is Cc1cc2c(c(Cl)c1Br)OCC1CNCCN1C2. The molecule has 1 atom stereocenters. The Labute approximate surface area is 121 Å². The van der Waals surface area contributed by atoms with Gasteiger partial charge >= 0.3 is 0 Å². The number of rotatable bonds is 0. The van der Waals surface area contributed by atoms with Crippen molar-refractivity contribution in [2.24, 2.45) is 0 Å². The lowest BCUT2D eigenvalue weighted by atomic mass is 10.1. The molecule has 0 aliphatic carbocycles. The number of halogens is 2. The normalized spacial score (nSPS) is 23.8. The molecule has 2 aliphatic rings. The van der Waals surface area contributed by atoms with Gasteiger partial charge in [0.05, 0.1) is 11.1 Å².